The molecule has 1 aliphatic rings. The fraction of sp³-hybridized carbons (Fsp3) is 0.227. The highest BCUT2D eigenvalue weighted by Gasteiger charge is 2.33. The quantitative estimate of drug-likeness (QED) is 0.448. The van der Waals surface area contributed by atoms with Crippen molar-refractivity contribution in [2.45, 2.75) is 23.2 Å². The summed E-state index contributed by atoms with van der Waals surface area (Å²) in [5, 5.41) is 3.04. The fourth-order valence-electron chi connectivity index (χ4n) is 3.65. The molecule has 31 heavy (non-hydrogen) atoms. The smallest absolute Gasteiger partial charge is 0.257 e. The van der Waals surface area contributed by atoms with Crippen molar-refractivity contribution in [1.82, 2.24) is 9.97 Å². The predicted molar refractivity (Wildman–Crippen MR) is 115 cm³/mol. The third-order valence-corrected chi connectivity index (χ3v) is 5.95. The summed E-state index contributed by atoms with van der Waals surface area (Å²) in [5.74, 6) is 0.511. The molecular formula is C22H20FN3O4S. The Morgan fingerprint density at radius 1 is 1.16 bits per heavy atom. The van der Waals surface area contributed by atoms with Crippen molar-refractivity contribution in [3.8, 4) is 11.5 Å². The number of methoxy groups -OCH3 is 2. The van der Waals surface area contributed by atoms with Crippen LogP contribution in [0.25, 0.3) is 0 Å². The van der Waals surface area contributed by atoms with E-state index in [1.165, 1.54) is 38.1 Å². The highest BCUT2D eigenvalue weighted by Crippen LogP contribution is 2.42. The molecule has 2 heterocycles. The summed E-state index contributed by atoms with van der Waals surface area (Å²) in [7, 11) is 3.04. The molecule has 0 fully saturated rings. The van der Waals surface area contributed by atoms with Crippen molar-refractivity contribution in [2.24, 2.45) is 0 Å². The first-order chi connectivity index (χ1) is 15.0. The average molecular weight is 441 g/mol. The molecule has 0 saturated carbocycles. The standard InChI is InChI=1S/C22H20FN3O4S/c1-29-16-8-4-7-14(19(16)30-2)15-10-17(27)24-20-18(15)21(28)26-22(25-20)31-11-12-5-3-6-13(23)9-12/h3-9,15H,10-11H2,1-2H3,(H2,24,25,26,27,28)/t15-/m0/s1. The number of thioether (sulfide) groups is 1. The summed E-state index contributed by atoms with van der Waals surface area (Å²) < 4.78 is 24.3. The number of benzene rings is 2. The van der Waals surface area contributed by atoms with E-state index in [4.69, 9.17) is 9.47 Å². The molecule has 0 radical (unpaired) electrons. The zero-order chi connectivity index (χ0) is 22.0. The van der Waals surface area contributed by atoms with Crippen molar-refractivity contribution in [3.05, 3.63) is 75.3 Å². The molecule has 160 valence electrons. The SMILES string of the molecule is COc1cccc([C@@H]2CC(=O)Nc3nc(SCc4cccc(F)c4)[nH]c(=O)c32)c1OC. The topological polar surface area (TPSA) is 93.3 Å². The minimum Gasteiger partial charge on any atom is -0.493 e. The lowest BCUT2D eigenvalue weighted by atomic mass is 9.86. The van der Waals surface area contributed by atoms with Gasteiger partial charge in [-0.2, -0.15) is 0 Å². The van der Waals surface area contributed by atoms with Crippen molar-refractivity contribution < 1.29 is 18.7 Å². The number of hydrogen-bond acceptors (Lipinski definition) is 6. The maximum atomic E-state index is 13.4. The van der Waals surface area contributed by atoms with Gasteiger partial charge in [-0.25, -0.2) is 9.37 Å². The van der Waals surface area contributed by atoms with Crippen LogP contribution in [0.3, 0.4) is 0 Å². The lowest BCUT2D eigenvalue weighted by molar-refractivity contribution is -0.116. The van der Waals surface area contributed by atoms with Gasteiger partial charge in [0.25, 0.3) is 5.56 Å². The Labute approximate surface area is 182 Å². The number of carbonyl (C=O) groups is 1. The molecule has 0 aliphatic carbocycles. The summed E-state index contributed by atoms with van der Waals surface area (Å²) in [5.41, 5.74) is 1.45. The number of hydrogen-bond donors (Lipinski definition) is 2. The van der Waals surface area contributed by atoms with Gasteiger partial charge in [0.05, 0.1) is 19.8 Å². The molecule has 9 heteroatoms. The summed E-state index contributed by atoms with van der Waals surface area (Å²) in [6, 6.07) is 11.6. The fourth-order valence-corrected chi connectivity index (χ4v) is 4.45. The maximum absolute atomic E-state index is 13.4. The number of carbonyl (C=O) groups excluding carboxylic acids is 1. The minimum atomic E-state index is -0.535. The van der Waals surface area contributed by atoms with Gasteiger partial charge in [-0.05, 0) is 23.8 Å². The number of aromatic nitrogens is 2. The van der Waals surface area contributed by atoms with Gasteiger partial charge in [0.15, 0.2) is 16.7 Å². The molecule has 2 aromatic carbocycles. The van der Waals surface area contributed by atoms with E-state index >= 15 is 0 Å². The molecule has 0 spiro atoms. The van der Waals surface area contributed by atoms with Crippen LogP contribution in [0.5, 0.6) is 11.5 Å². The van der Waals surface area contributed by atoms with E-state index in [9.17, 15) is 14.0 Å². The van der Waals surface area contributed by atoms with Gasteiger partial charge in [0.2, 0.25) is 5.91 Å². The normalized spacial score (nSPS) is 15.2. The molecule has 1 aromatic heterocycles. The second-order valence-corrected chi connectivity index (χ2v) is 7.90. The largest absolute Gasteiger partial charge is 0.493 e. The van der Waals surface area contributed by atoms with Crippen LogP contribution in [-0.2, 0) is 10.5 Å². The molecule has 1 aliphatic heterocycles. The highest BCUT2D eigenvalue weighted by molar-refractivity contribution is 7.98. The van der Waals surface area contributed by atoms with Crippen LogP contribution < -0.4 is 20.3 Å². The second kappa shape index (κ2) is 8.81. The van der Waals surface area contributed by atoms with E-state index in [2.05, 4.69) is 15.3 Å². The third-order valence-electron chi connectivity index (χ3n) is 5.00. The van der Waals surface area contributed by atoms with Crippen LogP contribution >= 0.6 is 11.8 Å². The number of ether oxygens (including phenoxy) is 2. The van der Waals surface area contributed by atoms with Crippen molar-refractivity contribution in [2.75, 3.05) is 19.5 Å². The van der Waals surface area contributed by atoms with Gasteiger partial charge in [0.1, 0.15) is 11.6 Å². The lowest BCUT2D eigenvalue weighted by Crippen LogP contribution is -2.31. The molecule has 1 amide bonds. The molecule has 7 nitrogen and oxygen atoms in total. The number of fused-ring (bicyclic) bond motifs is 1. The maximum Gasteiger partial charge on any atom is 0.257 e. The van der Waals surface area contributed by atoms with Crippen LogP contribution in [-0.4, -0.2) is 30.1 Å². The average Bonchev–Trinajstić information content (AvgIpc) is 2.76. The van der Waals surface area contributed by atoms with E-state index in [1.807, 2.05) is 0 Å². The number of halogens is 1. The molecule has 3 aromatic rings. The number of amides is 1. The van der Waals surface area contributed by atoms with Crippen LogP contribution in [0.15, 0.2) is 52.4 Å². The Balaban J connectivity index is 1.70. The van der Waals surface area contributed by atoms with Crippen molar-refractivity contribution in [3.63, 3.8) is 0 Å². The Morgan fingerprint density at radius 2 is 1.97 bits per heavy atom. The number of anilines is 1. The monoisotopic (exact) mass is 441 g/mol. The van der Waals surface area contributed by atoms with Crippen LogP contribution in [0.4, 0.5) is 10.2 Å². The zero-order valence-electron chi connectivity index (χ0n) is 16.9. The van der Waals surface area contributed by atoms with Crippen molar-refractivity contribution in [1.29, 1.82) is 0 Å². The Hall–Kier alpha value is -3.33. The molecule has 4 rings (SSSR count). The van der Waals surface area contributed by atoms with Gasteiger partial charge in [-0.15, -0.1) is 0 Å². The van der Waals surface area contributed by atoms with E-state index in [0.29, 0.717) is 33.5 Å². The number of aromatic amines is 1. The first-order valence-electron chi connectivity index (χ1n) is 9.52. The minimum absolute atomic E-state index is 0.0804. The van der Waals surface area contributed by atoms with Gasteiger partial charge in [0, 0.05) is 23.7 Å². The first kappa shape index (κ1) is 20.9. The molecule has 2 N–H and O–H groups in total. The van der Waals surface area contributed by atoms with Gasteiger partial charge in [-0.3, -0.25) is 9.59 Å². The molecule has 0 bridgehead atoms. The second-order valence-electron chi connectivity index (χ2n) is 6.94. The number of nitrogens with zero attached hydrogens (tertiary/aromatic N) is 1. The van der Waals surface area contributed by atoms with Gasteiger partial charge >= 0.3 is 0 Å². The summed E-state index contributed by atoms with van der Waals surface area (Å²) in [6.07, 6.45) is 0.0804. The van der Waals surface area contributed by atoms with E-state index in [0.717, 1.165) is 5.56 Å². The summed E-state index contributed by atoms with van der Waals surface area (Å²) >= 11 is 1.25. The number of rotatable bonds is 6. The number of H-pyrrole nitrogens is 1. The Kier molecular flexibility index (Phi) is 5.94. The summed E-state index contributed by atoms with van der Waals surface area (Å²) in [4.78, 5) is 32.6. The zero-order valence-corrected chi connectivity index (χ0v) is 17.7. The number of para-hydroxylation sites is 1. The molecular weight excluding hydrogens is 421 g/mol. The third kappa shape index (κ3) is 4.27. The Bertz CT molecular complexity index is 1200. The Morgan fingerprint density at radius 3 is 2.71 bits per heavy atom. The van der Waals surface area contributed by atoms with E-state index in [1.54, 1.807) is 30.3 Å². The van der Waals surface area contributed by atoms with Gasteiger partial charge in [-0.1, -0.05) is 36.0 Å². The molecule has 0 saturated heterocycles. The van der Waals surface area contributed by atoms with Crippen LogP contribution in [0, 0.1) is 5.82 Å². The van der Waals surface area contributed by atoms with Crippen LogP contribution in [0.2, 0.25) is 0 Å². The summed E-state index contributed by atoms with van der Waals surface area (Å²) in [6.45, 7) is 0. The van der Waals surface area contributed by atoms with Crippen molar-refractivity contribution >= 4 is 23.5 Å². The number of nitrogens with one attached hydrogen (secondary N) is 2. The lowest BCUT2D eigenvalue weighted by Gasteiger charge is -2.26. The van der Waals surface area contributed by atoms with E-state index < -0.39 is 5.92 Å². The van der Waals surface area contributed by atoms with E-state index in [-0.39, 0.29) is 29.5 Å². The predicted octanol–water partition coefficient (Wildman–Crippen LogP) is 3.69. The molecule has 0 unspecified atom stereocenters. The first-order valence-corrected chi connectivity index (χ1v) is 10.5. The van der Waals surface area contributed by atoms with Gasteiger partial charge < -0.3 is 19.8 Å². The molecule has 1 atom stereocenters. The van der Waals surface area contributed by atoms with Crippen LogP contribution in [0.1, 0.15) is 29.0 Å². The highest BCUT2D eigenvalue weighted by atomic mass is 32.2.